The predicted octanol–water partition coefficient (Wildman–Crippen LogP) is 3.50. The van der Waals surface area contributed by atoms with Crippen molar-refractivity contribution < 1.29 is 4.79 Å². The first-order chi connectivity index (χ1) is 11.6. The van der Waals surface area contributed by atoms with Crippen molar-refractivity contribution >= 4 is 34.6 Å². The standard InChI is InChI=1S/C18H21N3OS2/c1-12(13-7-3-2-4-8-13)19-18(23)21-20-17(22)15-11-24-16-10-6-5-9-14(15)16/h2-4,7-8,11-12H,5-6,9-10H2,1H3,(H,20,22)(H2,19,21,23)/t12-/m0/s1. The average Bonchev–Trinajstić information content (AvgIpc) is 3.04. The Labute approximate surface area is 151 Å². The minimum Gasteiger partial charge on any atom is -0.355 e. The molecule has 0 radical (unpaired) electrons. The van der Waals surface area contributed by atoms with Crippen LogP contribution in [0.15, 0.2) is 35.7 Å². The maximum absolute atomic E-state index is 12.4. The first kappa shape index (κ1) is 16.9. The number of thiocarbonyl (C=S) groups is 1. The number of nitrogens with one attached hydrogen (secondary N) is 3. The maximum Gasteiger partial charge on any atom is 0.270 e. The Morgan fingerprint density at radius 2 is 1.92 bits per heavy atom. The van der Waals surface area contributed by atoms with Gasteiger partial charge in [-0.15, -0.1) is 11.3 Å². The molecule has 0 saturated carbocycles. The lowest BCUT2D eigenvalue weighted by Gasteiger charge is -2.18. The highest BCUT2D eigenvalue weighted by Crippen LogP contribution is 2.29. The van der Waals surface area contributed by atoms with Gasteiger partial charge in [-0.3, -0.25) is 15.6 Å². The van der Waals surface area contributed by atoms with Crippen LogP contribution in [0.4, 0.5) is 0 Å². The molecule has 2 aromatic rings. The topological polar surface area (TPSA) is 53.2 Å². The zero-order valence-electron chi connectivity index (χ0n) is 13.6. The number of fused-ring (bicyclic) bond motifs is 1. The van der Waals surface area contributed by atoms with Gasteiger partial charge in [0.25, 0.3) is 5.91 Å². The van der Waals surface area contributed by atoms with Gasteiger partial charge >= 0.3 is 0 Å². The third-order valence-electron chi connectivity index (χ3n) is 4.24. The summed E-state index contributed by atoms with van der Waals surface area (Å²) in [5.41, 5.74) is 8.64. The van der Waals surface area contributed by atoms with Crippen LogP contribution in [0.3, 0.4) is 0 Å². The van der Waals surface area contributed by atoms with Crippen molar-refractivity contribution in [2.75, 3.05) is 0 Å². The Morgan fingerprint density at radius 1 is 1.17 bits per heavy atom. The molecule has 1 aliphatic carbocycles. The fraction of sp³-hybridized carbons (Fsp3) is 0.333. The lowest BCUT2D eigenvalue weighted by atomic mass is 9.96. The molecule has 1 aromatic heterocycles. The Hall–Kier alpha value is -1.92. The van der Waals surface area contributed by atoms with E-state index in [0.29, 0.717) is 5.11 Å². The van der Waals surface area contributed by atoms with Crippen molar-refractivity contribution in [2.45, 2.75) is 38.6 Å². The highest BCUT2D eigenvalue weighted by atomic mass is 32.1. The monoisotopic (exact) mass is 359 g/mol. The van der Waals surface area contributed by atoms with E-state index in [1.807, 2.05) is 42.6 Å². The molecule has 1 amide bonds. The third kappa shape index (κ3) is 3.94. The Bertz CT molecular complexity index is 727. The Morgan fingerprint density at radius 3 is 2.71 bits per heavy atom. The number of carbonyl (C=O) groups is 1. The van der Waals surface area contributed by atoms with E-state index in [9.17, 15) is 4.79 Å². The van der Waals surface area contributed by atoms with Crippen LogP contribution in [0.25, 0.3) is 0 Å². The zero-order valence-corrected chi connectivity index (χ0v) is 15.2. The fourth-order valence-corrected chi connectivity index (χ4v) is 4.28. The summed E-state index contributed by atoms with van der Waals surface area (Å²) in [5, 5.41) is 5.53. The zero-order chi connectivity index (χ0) is 16.9. The van der Waals surface area contributed by atoms with Crippen LogP contribution in [0.2, 0.25) is 0 Å². The van der Waals surface area contributed by atoms with Gasteiger partial charge in [-0.05, 0) is 56.0 Å². The summed E-state index contributed by atoms with van der Waals surface area (Å²) in [6.45, 7) is 2.03. The van der Waals surface area contributed by atoms with Crippen LogP contribution < -0.4 is 16.2 Å². The van der Waals surface area contributed by atoms with Crippen LogP contribution in [0.5, 0.6) is 0 Å². The third-order valence-corrected chi connectivity index (χ3v) is 5.55. The molecular formula is C18H21N3OS2. The molecule has 1 aliphatic rings. The Balaban J connectivity index is 1.53. The van der Waals surface area contributed by atoms with Crippen molar-refractivity contribution in [2.24, 2.45) is 0 Å². The van der Waals surface area contributed by atoms with Crippen molar-refractivity contribution in [3.8, 4) is 0 Å². The summed E-state index contributed by atoms with van der Waals surface area (Å²) in [7, 11) is 0. The summed E-state index contributed by atoms with van der Waals surface area (Å²) >= 11 is 6.95. The van der Waals surface area contributed by atoms with E-state index in [2.05, 4.69) is 16.2 Å². The first-order valence-corrected chi connectivity index (χ1v) is 9.45. The molecule has 0 saturated heterocycles. The minimum absolute atomic E-state index is 0.0667. The van der Waals surface area contributed by atoms with Gasteiger partial charge in [-0.25, -0.2) is 0 Å². The van der Waals surface area contributed by atoms with Gasteiger partial charge in [0.2, 0.25) is 0 Å². The van der Waals surface area contributed by atoms with Gasteiger partial charge in [0.1, 0.15) is 0 Å². The highest BCUT2D eigenvalue weighted by molar-refractivity contribution is 7.80. The molecule has 6 heteroatoms. The molecule has 0 unspecified atom stereocenters. The molecule has 24 heavy (non-hydrogen) atoms. The van der Waals surface area contributed by atoms with E-state index in [1.165, 1.54) is 16.9 Å². The highest BCUT2D eigenvalue weighted by Gasteiger charge is 2.20. The van der Waals surface area contributed by atoms with Gasteiger partial charge in [-0.2, -0.15) is 0 Å². The summed E-state index contributed by atoms with van der Waals surface area (Å²) in [6, 6.07) is 10.1. The summed E-state index contributed by atoms with van der Waals surface area (Å²) in [5.74, 6) is -0.120. The molecule has 3 N–H and O–H groups in total. The second-order valence-electron chi connectivity index (χ2n) is 5.94. The number of amides is 1. The van der Waals surface area contributed by atoms with Crippen LogP contribution in [-0.2, 0) is 12.8 Å². The van der Waals surface area contributed by atoms with Crippen LogP contribution in [0.1, 0.15) is 52.2 Å². The number of rotatable bonds is 3. The van der Waals surface area contributed by atoms with Crippen LogP contribution in [0, 0.1) is 0 Å². The Kier molecular flexibility index (Phi) is 5.48. The minimum atomic E-state index is -0.120. The molecule has 0 fully saturated rings. The van der Waals surface area contributed by atoms with Gasteiger partial charge in [0.05, 0.1) is 11.6 Å². The SMILES string of the molecule is C[C@H](NC(=S)NNC(=O)c1csc2c1CCCC2)c1ccccc1. The molecule has 1 aromatic carbocycles. The van der Waals surface area contributed by atoms with Gasteiger partial charge in [-0.1, -0.05) is 30.3 Å². The molecule has 1 heterocycles. The van der Waals surface area contributed by atoms with E-state index >= 15 is 0 Å². The molecule has 0 bridgehead atoms. The average molecular weight is 360 g/mol. The van der Waals surface area contributed by atoms with Gasteiger partial charge in [0, 0.05) is 10.3 Å². The van der Waals surface area contributed by atoms with Crippen LogP contribution >= 0.6 is 23.6 Å². The van der Waals surface area contributed by atoms with Crippen LogP contribution in [-0.4, -0.2) is 11.0 Å². The number of benzene rings is 1. The number of aryl methyl sites for hydroxylation is 1. The molecule has 3 rings (SSSR count). The number of carbonyl (C=O) groups excluding carboxylic acids is 1. The quantitative estimate of drug-likeness (QED) is 0.580. The summed E-state index contributed by atoms with van der Waals surface area (Å²) < 4.78 is 0. The molecular weight excluding hydrogens is 338 g/mol. The first-order valence-electron chi connectivity index (χ1n) is 8.16. The van der Waals surface area contributed by atoms with Crippen molar-refractivity contribution in [3.63, 3.8) is 0 Å². The van der Waals surface area contributed by atoms with E-state index in [-0.39, 0.29) is 11.9 Å². The lowest BCUT2D eigenvalue weighted by Crippen LogP contribution is -2.47. The second kappa shape index (κ2) is 7.77. The van der Waals surface area contributed by atoms with Crippen molar-refractivity contribution in [1.82, 2.24) is 16.2 Å². The molecule has 126 valence electrons. The summed E-state index contributed by atoms with van der Waals surface area (Å²) in [6.07, 6.45) is 4.47. The predicted molar refractivity (Wildman–Crippen MR) is 102 cm³/mol. The smallest absolute Gasteiger partial charge is 0.270 e. The normalized spacial score (nSPS) is 14.4. The number of hydrogen-bond donors (Lipinski definition) is 3. The largest absolute Gasteiger partial charge is 0.355 e. The fourth-order valence-electron chi connectivity index (χ4n) is 2.92. The number of thiophene rings is 1. The molecule has 1 atom stereocenters. The van der Waals surface area contributed by atoms with Gasteiger partial charge < -0.3 is 5.32 Å². The molecule has 4 nitrogen and oxygen atoms in total. The molecule has 0 aliphatic heterocycles. The van der Waals surface area contributed by atoms with E-state index in [0.717, 1.165) is 30.4 Å². The molecule has 0 spiro atoms. The maximum atomic E-state index is 12.4. The number of hydrogen-bond acceptors (Lipinski definition) is 3. The van der Waals surface area contributed by atoms with E-state index < -0.39 is 0 Å². The van der Waals surface area contributed by atoms with Crippen molar-refractivity contribution in [3.05, 3.63) is 57.3 Å². The van der Waals surface area contributed by atoms with Gasteiger partial charge in [0.15, 0.2) is 5.11 Å². The van der Waals surface area contributed by atoms with E-state index in [4.69, 9.17) is 12.2 Å². The second-order valence-corrected chi connectivity index (χ2v) is 7.32. The lowest BCUT2D eigenvalue weighted by molar-refractivity contribution is 0.0943. The number of hydrazine groups is 1. The van der Waals surface area contributed by atoms with Crippen molar-refractivity contribution in [1.29, 1.82) is 0 Å². The summed E-state index contributed by atoms with van der Waals surface area (Å²) in [4.78, 5) is 13.7. The van der Waals surface area contributed by atoms with E-state index in [1.54, 1.807) is 11.3 Å².